The third-order valence-electron chi connectivity index (χ3n) is 2.93. The molecule has 108 valence electrons. The van der Waals surface area contributed by atoms with Crippen LogP contribution in [0.4, 0.5) is 8.78 Å². The Morgan fingerprint density at radius 2 is 2.20 bits per heavy atom. The third kappa shape index (κ3) is 3.16. The van der Waals surface area contributed by atoms with E-state index in [-0.39, 0.29) is 31.3 Å². The van der Waals surface area contributed by atoms with Crippen LogP contribution in [-0.2, 0) is 0 Å². The van der Waals surface area contributed by atoms with Crippen LogP contribution in [0.15, 0.2) is 33.3 Å². The highest BCUT2D eigenvalue weighted by Gasteiger charge is 2.42. The van der Waals surface area contributed by atoms with E-state index in [1.807, 2.05) is 24.3 Å². The number of nitrogens with zero attached hydrogens (tertiary/aromatic N) is 2. The molecule has 0 saturated carbocycles. The lowest BCUT2D eigenvalue weighted by molar-refractivity contribution is 0.0200. The van der Waals surface area contributed by atoms with Crippen molar-refractivity contribution in [3.63, 3.8) is 0 Å². The number of aromatic nitrogens is 2. The Kier molecular flexibility index (Phi) is 4.41. The molecule has 1 aromatic heterocycles. The Balaban J connectivity index is 0.00000147. The minimum atomic E-state index is -2.71. The van der Waals surface area contributed by atoms with Crippen molar-refractivity contribution in [2.24, 2.45) is 0 Å². The van der Waals surface area contributed by atoms with Crippen LogP contribution in [-0.4, -0.2) is 22.6 Å². The van der Waals surface area contributed by atoms with Gasteiger partial charge in [0.15, 0.2) is 0 Å². The summed E-state index contributed by atoms with van der Waals surface area (Å²) in [7, 11) is 0. The summed E-state index contributed by atoms with van der Waals surface area (Å²) in [5, 5.41) is 6.51. The second-order valence-corrected chi connectivity index (χ2v) is 5.38. The topological polar surface area (TPSA) is 51.0 Å². The number of hydrogen-bond donors (Lipinski definition) is 1. The van der Waals surface area contributed by atoms with Crippen LogP contribution in [0.1, 0.15) is 18.4 Å². The van der Waals surface area contributed by atoms with Gasteiger partial charge in [0.1, 0.15) is 0 Å². The molecule has 1 aliphatic heterocycles. The lowest BCUT2D eigenvalue weighted by Crippen LogP contribution is -2.19. The highest BCUT2D eigenvalue weighted by molar-refractivity contribution is 9.10. The molecule has 20 heavy (non-hydrogen) atoms. The van der Waals surface area contributed by atoms with Gasteiger partial charge in [-0.1, -0.05) is 33.2 Å². The first-order chi connectivity index (χ1) is 9.03. The van der Waals surface area contributed by atoms with Gasteiger partial charge in [0.25, 0.3) is 5.92 Å². The zero-order chi connectivity index (χ0) is 13.5. The fourth-order valence-corrected chi connectivity index (χ4v) is 2.41. The first kappa shape index (κ1) is 15.3. The van der Waals surface area contributed by atoms with Gasteiger partial charge in [-0.25, -0.2) is 8.78 Å². The molecule has 2 heterocycles. The van der Waals surface area contributed by atoms with Gasteiger partial charge in [0.2, 0.25) is 11.7 Å². The number of benzene rings is 1. The van der Waals surface area contributed by atoms with E-state index >= 15 is 0 Å². The first-order valence-electron chi connectivity index (χ1n) is 5.74. The molecule has 2 aromatic rings. The lowest BCUT2D eigenvalue weighted by atomic mass is 10.2. The van der Waals surface area contributed by atoms with Gasteiger partial charge in [0.05, 0.1) is 12.6 Å². The summed E-state index contributed by atoms with van der Waals surface area (Å²) in [6, 6.07) is 6.81. The molecule has 1 N–H and O–H groups in total. The van der Waals surface area contributed by atoms with E-state index in [4.69, 9.17) is 4.52 Å². The molecule has 8 heteroatoms. The average molecular weight is 367 g/mol. The summed E-state index contributed by atoms with van der Waals surface area (Å²) >= 11 is 3.35. The van der Waals surface area contributed by atoms with Crippen LogP contribution in [0.25, 0.3) is 11.4 Å². The Labute approximate surface area is 128 Å². The van der Waals surface area contributed by atoms with E-state index in [2.05, 4.69) is 31.4 Å². The summed E-state index contributed by atoms with van der Waals surface area (Å²) < 4.78 is 32.2. The Hall–Kier alpha value is -1.05. The zero-order valence-corrected chi connectivity index (χ0v) is 12.5. The van der Waals surface area contributed by atoms with E-state index in [0.29, 0.717) is 5.82 Å². The smallest absolute Gasteiger partial charge is 0.262 e. The van der Waals surface area contributed by atoms with Gasteiger partial charge in [-0.2, -0.15) is 4.98 Å². The van der Waals surface area contributed by atoms with Gasteiger partial charge < -0.3 is 4.52 Å². The number of nitrogens with one attached hydrogen (secondary N) is 1. The van der Waals surface area contributed by atoms with Crippen molar-refractivity contribution in [1.29, 1.82) is 0 Å². The van der Waals surface area contributed by atoms with Crippen molar-refractivity contribution < 1.29 is 13.3 Å². The molecular formula is C12H11BrClF2N3O. The molecule has 1 aliphatic rings. The number of alkyl halides is 2. The Morgan fingerprint density at radius 3 is 2.85 bits per heavy atom. The van der Waals surface area contributed by atoms with Crippen molar-refractivity contribution in [1.82, 2.24) is 15.5 Å². The number of rotatable bonds is 2. The zero-order valence-electron chi connectivity index (χ0n) is 10.1. The monoisotopic (exact) mass is 365 g/mol. The number of hydrogen-bond acceptors (Lipinski definition) is 4. The summed E-state index contributed by atoms with van der Waals surface area (Å²) in [5.74, 6) is -2.12. The van der Waals surface area contributed by atoms with Crippen molar-refractivity contribution in [3.8, 4) is 11.4 Å². The van der Waals surface area contributed by atoms with Gasteiger partial charge in [-0.3, -0.25) is 5.32 Å². The van der Waals surface area contributed by atoms with Gasteiger partial charge in [-0.05, 0) is 12.1 Å². The fraction of sp³-hybridized carbons (Fsp3) is 0.333. The van der Waals surface area contributed by atoms with Crippen LogP contribution in [0, 0.1) is 0 Å². The molecule has 1 fully saturated rings. The normalized spacial score (nSPS) is 20.6. The lowest BCUT2D eigenvalue weighted by Gasteiger charge is -2.04. The highest BCUT2D eigenvalue weighted by Crippen LogP contribution is 2.33. The standard InChI is InChI=1S/C12H10BrF2N3O.ClH/c13-8-3-1-2-7(4-8)10-17-11(19-18-10)9-5-12(14,15)6-16-9;/h1-4,9,16H,5-6H2;1H. The summed E-state index contributed by atoms with van der Waals surface area (Å²) in [5.41, 5.74) is 0.772. The predicted octanol–water partition coefficient (Wildman–Crippen LogP) is 3.59. The predicted molar refractivity (Wildman–Crippen MR) is 75.0 cm³/mol. The molecule has 4 nitrogen and oxygen atoms in total. The van der Waals surface area contributed by atoms with Crippen molar-refractivity contribution >= 4 is 28.3 Å². The molecule has 1 saturated heterocycles. The van der Waals surface area contributed by atoms with E-state index < -0.39 is 12.0 Å². The maximum absolute atomic E-state index is 13.1. The minimum Gasteiger partial charge on any atom is -0.337 e. The minimum absolute atomic E-state index is 0. The van der Waals surface area contributed by atoms with Crippen LogP contribution >= 0.6 is 28.3 Å². The molecule has 1 aromatic carbocycles. The molecular weight excluding hydrogens is 356 g/mol. The molecule has 0 aliphatic carbocycles. The second-order valence-electron chi connectivity index (χ2n) is 4.46. The van der Waals surface area contributed by atoms with Gasteiger partial charge in [-0.15, -0.1) is 12.4 Å². The molecule has 1 atom stereocenters. The number of halogens is 4. The molecule has 0 amide bonds. The molecule has 0 bridgehead atoms. The van der Waals surface area contributed by atoms with Crippen LogP contribution in [0.3, 0.4) is 0 Å². The summed E-state index contributed by atoms with van der Waals surface area (Å²) in [6.45, 7) is -0.355. The van der Waals surface area contributed by atoms with Crippen molar-refractivity contribution in [3.05, 3.63) is 34.6 Å². The molecule has 1 unspecified atom stereocenters. The highest BCUT2D eigenvalue weighted by atomic mass is 79.9. The molecule has 3 rings (SSSR count). The van der Waals surface area contributed by atoms with Gasteiger partial charge >= 0.3 is 0 Å². The van der Waals surface area contributed by atoms with E-state index in [9.17, 15) is 8.78 Å². The summed E-state index contributed by atoms with van der Waals surface area (Å²) in [4.78, 5) is 4.17. The third-order valence-corrected chi connectivity index (χ3v) is 3.43. The second kappa shape index (κ2) is 5.75. The maximum atomic E-state index is 13.1. The van der Waals surface area contributed by atoms with E-state index in [0.717, 1.165) is 10.0 Å². The van der Waals surface area contributed by atoms with E-state index in [1.165, 1.54) is 0 Å². The average Bonchev–Trinajstić information content (AvgIpc) is 2.95. The van der Waals surface area contributed by atoms with Crippen LogP contribution in [0.2, 0.25) is 0 Å². The maximum Gasteiger partial charge on any atom is 0.262 e. The SMILES string of the molecule is Cl.FC1(F)CNC(c2nc(-c3cccc(Br)c3)no2)C1. The van der Waals surface area contributed by atoms with Crippen LogP contribution < -0.4 is 5.32 Å². The Bertz CT molecular complexity index is 608. The molecule has 0 spiro atoms. The quantitative estimate of drug-likeness (QED) is 0.882. The fourth-order valence-electron chi connectivity index (χ4n) is 2.01. The first-order valence-corrected chi connectivity index (χ1v) is 6.54. The molecule has 0 radical (unpaired) electrons. The largest absolute Gasteiger partial charge is 0.337 e. The van der Waals surface area contributed by atoms with E-state index in [1.54, 1.807) is 0 Å². The van der Waals surface area contributed by atoms with Crippen LogP contribution in [0.5, 0.6) is 0 Å². The van der Waals surface area contributed by atoms with Gasteiger partial charge in [0, 0.05) is 16.5 Å². The van der Waals surface area contributed by atoms with Crippen molar-refractivity contribution in [2.45, 2.75) is 18.4 Å². The summed E-state index contributed by atoms with van der Waals surface area (Å²) in [6.07, 6.45) is -0.312. The van der Waals surface area contributed by atoms with Crippen molar-refractivity contribution in [2.75, 3.05) is 6.54 Å². The Morgan fingerprint density at radius 1 is 1.40 bits per heavy atom.